The normalized spacial score (nSPS) is 26.1. The molecule has 0 bridgehead atoms. The molecule has 0 amide bonds. The first-order chi connectivity index (χ1) is 6.59. The molecule has 0 aliphatic carbocycles. The van der Waals surface area contributed by atoms with E-state index in [1.807, 2.05) is 0 Å². The maximum Gasteiger partial charge on any atom is 0.173 e. The van der Waals surface area contributed by atoms with Crippen LogP contribution >= 0.6 is 0 Å². The molecule has 0 saturated carbocycles. The molecule has 1 N–H and O–H groups in total. The second kappa shape index (κ2) is 3.27. The van der Waals surface area contributed by atoms with Crippen molar-refractivity contribution in [1.29, 1.82) is 0 Å². The van der Waals surface area contributed by atoms with Crippen LogP contribution in [0.15, 0.2) is 12.4 Å². The molecule has 0 aromatic carbocycles. The van der Waals surface area contributed by atoms with Crippen molar-refractivity contribution in [1.82, 2.24) is 9.78 Å². The van der Waals surface area contributed by atoms with E-state index in [2.05, 4.69) is 5.10 Å². The monoisotopic (exact) mass is 216 g/mol. The Morgan fingerprint density at radius 3 is 2.86 bits per heavy atom. The largest absolute Gasteiger partial charge is 0.505 e. The van der Waals surface area contributed by atoms with Gasteiger partial charge in [-0.15, -0.1) is 0 Å². The van der Waals surface area contributed by atoms with Crippen LogP contribution in [-0.4, -0.2) is 29.1 Å². The molecule has 6 heteroatoms. The van der Waals surface area contributed by atoms with Gasteiger partial charge in [0.2, 0.25) is 0 Å². The van der Waals surface area contributed by atoms with Gasteiger partial charge in [0.05, 0.1) is 18.1 Å². The van der Waals surface area contributed by atoms with E-state index < -0.39 is 15.2 Å². The Balaban J connectivity index is 2.33. The number of aromatic hydroxyl groups is 1. The molecular formula is C8H12N2O3S. The Morgan fingerprint density at radius 2 is 2.29 bits per heavy atom. The number of sulfone groups is 1. The van der Waals surface area contributed by atoms with Gasteiger partial charge in [-0.25, -0.2) is 8.42 Å². The minimum atomic E-state index is -3.07. The number of nitrogens with zero attached hydrogens (tertiary/aromatic N) is 2. The van der Waals surface area contributed by atoms with Crippen molar-refractivity contribution in [3.05, 3.63) is 12.4 Å². The van der Waals surface area contributed by atoms with E-state index in [0.29, 0.717) is 6.42 Å². The SMILES string of the molecule is O=S1(=O)CCCCC1n1cc(O)cn1. The van der Waals surface area contributed by atoms with Crippen molar-refractivity contribution in [2.24, 2.45) is 0 Å². The Morgan fingerprint density at radius 1 is 1.50 bits per heavy atom. The van der Waals surface area contributed by atoms with Crippen LogP contribution in [0.2, 0.25) is 0 Å². The first-order valence-electron chi connectivity index (χ1n) is 4.54. The van der Waals surface area contributed by atoms with E-state index in [1.54, 1.807) is 0 Å². The summed E-state index contributed by atoms with van der Waals surface area (Å²) in [6.45, 7) is 0. The van der Waals surface area contributed by atoms with E-state index in [9.17, 15) is 8.42 Å². The number of hydrogen-bond acceptors (Lipinski definition) is 4. The van der Waals surface area contributed by atoms with Crippen LogP contribution in [0.1, 0.15) is 24.6 Å². The van der Waals surface area contributed by atoms with Gasteiger partial charge >= 0.3 is 0 Å². The predicted molar refractivity (Wildman–Crippen MR) is 50.6 cm³/mol. The molecule has 1 atom stereocenters. The molecule has 2 heterocycles. The van der Waals surface area contributed by atoms with Crippen LogP contribution in [0.5, 0.6) is 5.75 Å². The molecule has 1 aliphatic rings. The smallest absolute Gasteiger partial charge is 0.173 e. The lowest BCUT2D eigenvalue weighted by molar-refractivity contribution is 0.456. The molecule has 1 aromatic rings. The summed E-state index contributed by atoms with van der Waals surface area (Å²) >= 11 is 0. The van der Waals surface area contributed by atoms with Crippen molar-refractivity contribution in [3.63, 3.8) is 0 Å². The van der Waals surface area contributed by atoms with E-state index in [1.165, 1.54) is 17.1 Å². The van der Waals surface area contributed by atoms with Crippen LogP contribution in [0.3, 0.4) is 0 Å². The molecular weight excluding hydrogens is 204 g/mol. The summed E-state index contributed by atoms with van der Waals surface area (Å²) in [4.78, 5) is 0. The van der Waals surface area contributed by atoms with E-state index in [0.717, 1.165) is 12.8 Å². The molecule has 0 radical (unpaired) electrons. The summed E-state index contributed by atoms with van der Waals surface area (Å²) in [6, 6.07) is 0. The third kappa shape index (κ3) is 1.61. The summed E-state index contributed by atoms with van der Waals surface area (Å²) < 4.78 is 24.6. The minimum Gasteiger partial charge on any atom is -0.505 e. The number of rotatable bonds is 1. The summed E-state index contributed by atoms with van der Waals surface area (Å²) in [5, 5.41) is 12.3. The Bertz CT molecular complexity index is 424. The maximum absolute atomic E-state index is 11.6. The van der Waals surface area contributed by atoms with Crippen molar-refractivity contribution in [3.8, 4) is 5.75 Å². The van der Waals surface area contributed by atoms with Gasteiger partial charge in [-0.3, -0.25) is 4.68 Å². The Labute approximate surface area is 82.3 Å². The quantitative estimate of drug-likeness (QED) is 0.749. The fourth-order valence-electron chi connectivity index (χ4n) is 1.72. The van der Waals surface area contributed by atoms with Gasteiger partial charge in [-0.2, -0.15) is 5.10 Å². The van der Waals surface area contributed by atoms with E-state index in [-0.39, 0.29) is 11.5 Å². The second-order valence-electron chi connectivity index (χ2n) is 3.50. The Kier molecular flexibility index (Phi) is 2.22. The van der Waals surface area contributed by atoms with Crippen molar-refractivity contribution in [2.45, 2.75) is 24.6 Å². The first-order valence-corrected chi connectivity index (χ1v) is 6.26. The molecule has 1 aliphatic heterocycles. The van der Waals surface area contributed by atoms with Crippen molar-refractivity contribution < 1.29 is 13.5 Å². The third-order valence-electron chi connectivity index (χ3n) is 2.43. The number of aromatic nitrogens is 2. The first kappa shape index (κ1) is 9.51. The highest BCUT2D eigenvalue weighted by atomic mass is 32.2. The second-order valence-corrected chi connectivity index (χ2v) is 5.77. The highest BCUT2D eigenvalue weighted by molar-refractivity contribution is 7.91. The van der Waals surface area contributed by atoms with Gasteiger partial charge in [0.25, 0.3) is 0 Å². The highest BCUT2D eigenvalue weighted by Gasteiger charge is 2.30. The maximum atomic E-state index is 11.6. The van der Waals surface area contributed by atoms with Gasteiger partial charge in [0.1, 0.15) is 0 Å². The average molecular weight is 216 g/mol. The van der Waals surface area contributed by atoms with Crippen LogP contribution in [0, 0.1) is 0 Å². The topological polar surface area (TPSA) is 72.2 Å². The molecule has 78 valence electrons. The van der Waals surface area contributed by atoms with Gasteiger partial charge in [0.15, 0.2) is 21.0 Å². The molecule has 14 heavy (non-hydrogen) atoms. The standard InChI is InChI=1S/C8H12N2O3S/c11-7-5-9-10(6-7)8-3-1-2-4-14(8,12)13/h5-6,8,11H,1-4H2. The molecule has 5 nitrogen and oxygen atoms in total. The lowest BCUT2D eigenvalue weighted by Gasteiger charge is -2.22. The lowest BCUT2D eigenvalue weighted by Crippen LogP contribution is -2.26. The van der Waals surface area contributed by atoms with Crippen LogP contribution in [0.25, 0.3) is 0 Å². The molecule has 1 aromatic heterocycles. The number of hydrogen-bond donors (Lipinski definition) is 1. The zero-order valence-corrected chi connectivity index (χ0v) is 8.44. The fraction of sp³-hybridized carbons (Fsp3) is 0.625. The van der Waals surface area contributed by atoms with Gasteiger partial charge < -0.3 is 5.11 Å². The third-order valence-corrected chi connectivity index (χ3v) is 4.57. The zero-order valence-electron chi connectivity index (χ0n) is 7.63. The Hall–Kier alpha value is -1.04. The van der Waals surface area contributed by atoms with E-state index >= 15 is 0 Å². The summed E-state index contributed by atoms with van der Waals surface area (Å²) in [7, 11) is -3.07. The van der Waals surface area contributed by atoms with Crippen molar-refractivity contribution >= 4 is 9.84 Å². The molecule has 0 spiro atoms. The highest BCUT2D eigenvalue weighted by Crippen LogP contribution is 2.28. The molecule has 1 fully saturated rings. The predicted octanol–water partition coefficient (Wildman–Crippen LogP) is 0.686. The average Bonchev–Trinajstić information content (AvgIpc) is 2.51. The zero-order chi connectivity index (χ0) is 10.2. The fourth-order valence-corrected chi connectivity index (χ4v) is 3.57. The molecule has 1 unspecified atom stereocenters. The van der Waals surface area contributed by atoms with Gasteiger partial charge in [0, 0.05) is 0 Å². The molecule has 1 saturated heterocycles. The molecule has 2 rings (SSSR count). The van der Waals surface area contributed by atoms with Crippen LogP contribution < -0.4 is 0 Å². The lowest BCUT2D eigenvalue weighted by atomic mass is 10.2. The van der Waals surface area contributed by atoms with Gasteiger partial charge in [-0.1, -0.05) is 0 Å². The van der Waals surface area contributed by atoms with Crippen LogP contribution in [0.4, 0.5) is 0 Å². The summed E-state index contributed by atoms with van der Waals surface area (Å²) in [6.07, 6.45) is 4.82. The van der Waals surface area contributed by atoms with Crippen molar-refractivity contribution in [2.75, 3.05) is 5.75 Å². The summed E-state index contributed by atoms with van der Waals surface area (Å²) in [5.74, 6) is 0.226. The van der Waals surface area contributed by atoms with Gasteiger partial charge in [-0.05, 0) is 19.3 Å². The summed E-state index contributed by atoms with van der Waals surface area (Å²) in [5.41, 5.74) is 0. The minimum absolute atomic E-state index is 0.00535. The van der Waals surface area contributed by atoms with Crippen LogP contribution in [-0.2, 0) is 9.84 Å². The van der Waals surface area contributed by atoms with E-state index in [4.69, 9.17) is 5.11 Å².